The van der Waals surface area contributed by atoms with Gasteiger partial charge in [-0.2, -0.15) is 0 Å². The molecule has 0 aliphatic carbocycles. The normalized spacial score (nSPS) is 11.7. The van der Waals surface area contributed by atoms with Crippen molar-refractivity contribution in [1.82, 2.24) is 4.57 Å². The Bertz CT molecular complexity index is 1500. The lowest BCUT2D eigenvalue weighted by atomic mass is 10.0. The predicted molar refractivity (Wildman–Crippen MR) is 134 cm³/mol. The van der Waals surface area contributed by atoms with E-state index in [1.807, 2.05) is 0 Å². The van der Waals surface area contributed by atoms with Gasteiger partial charge in [0.1, 0.15) is 11.5 Å². The maximum Gasteiger partial charge on any atom is 0.379 e. The summed E-state index contributed by atoms with van der Waals surface area (Å²) in [6.07, 6.45) is 2.58. The van der Waals surface area contributed by atoms with E-state index in [1.165, 1.54) is 38.2 Å². The van der Waals surface area contributed by atoms with E-state index in [9.17, 15) is 34.2 Å². The van der Waals surface area contributed by atoms with E-state index in [0.717, 1.165) is 0 Å². The van der Waals surface area contributed by atoms with Crippen molar-refractivity contribution in [1.29, 1.82) is 0 Å². The van der Waals surface area contributed by atoms with E-state index >= 15 is 0 Å². The molecule has 190 valence electrons. The molecule has 2 aromatic carbocycles. The van der Waals surface area contributed by atoms with Gasteiger partial charge in [-0.15, -0.1) is 0 Å². The Kier molecular flexibility index (Phi) is 8.36. The van der Waals surface area contributed by atoms with Gasteiger partial charge in [-0.3, -0.25) is 14.4 Å². The van der Waals surface area contributed by atoms with Gasteiger partial charge in [-0.25, -0.2) is 9.59 Å². The van der Waals surface area contributed by atoms with Gasteiger partial charge in [-0.05, 0) is 44.2 Å². The van der Waals surface area contributed by atoms with Gasteiger partial charge in [0.15, 0.2) is 5.43 Å². The van der Waals surface area contributed by atoms with E-state index in [4.69, 9.17) is 0 Å². The number of rotatable bonds is 9. The Hall–Kier alpha value is -4.99. The minimum absolute atomic E-state index is 0.00548. The third kappa shape index (κ3) is 5.99. The number of ether oxygens (including phenoxy) is 2. The van der Waals surface area contributed by atoms with Crippen LogP contribution in [-0.2, 0) is 28.7 Å². The Balaban J connectivity index is 2.21. The van der Waals surface area contributed by atoms with Crippen LogP contribution in [0.5, 0.6) is 0 Å². The van der Waals surface area contributed by atoms with Gasteiger partial charge < -0.3 is 24.3 Å². The average Bonchev–Trinajstić information content (AvgIpc) is 2.89. The Morgan fingerprint density at radius 1 is 0.838 bits per heavy atom. The van der Waals surface area contributed by atoms with Crippen molar-refractivity contribution in [3.8, 4) is 5.69 Å². The van der Waals surface area contributed by atoms with Crippen LogP contribution in [0.1, 0.15) is 25.0 Å². The molecule has 0 atom stereocenters. The molecular formula is C27H23NO9. The fourth-order valence-corrected chi connectivity index (χ4v) is 3.41. The van der Waals surface area contributed by atoms with Gasteiger partial charge in [-0.1, -0.05) is 18.2 Å². The third-order valence-corrected chi connectivity index (χ3v) is 5.10. The summed E-state index contributed by atoms with van der Waals surface area (Å²) in [6, 6.07) is 13.0. The molecule has 0 saturated heterocycles. The topological polar surface area (TPSA) is 149 Å². The van der Waals surface area contributed by atoms with Crippen LogP contribution in [0.15, 0.2) is 71.7 Å². The number of benzene rings is 2. The lowest BCUT2D eigenvalue weighted by molar-refractivity contribution is -0.151. The molecule has 10 nitrogen and oxygen atoms in total. The van der Waals surface area contributed by atoms with E-state index < -0.39 is 40.5 Å². The molecule has 3 rings (SSSR count). The van der Waals surface area contributed by atoms with Crippen molar-refractivity contribution in [2.45, 2.75) is 13.8 Å². The van der Waals surface area contributed by atoms with Crippen molar-refractivity contribution in [3.63, 3.8) is 0 Å². The van der Waals surface area contributed by atoms with Crippen LogP contribution in [0.2, 0.25) is 0 Å². The summed E-state index contributed by atoms with van der Waals surface area (Å²) < 4.78 is 10.8. The van der Waals surface area contributed by atoms with Crippen LogP contribution in [0.3, 0.4) is 0 Å². The van der Waals surface area contributed by atoms with Crippen molar-refractivity contribution < 1.29 is 38.9 Å². The van der Waals surface area contributed by atoms with Crippen LogP contribution in [-0.4, -0.2) is 51.5 Å². The summed E-state index contributed by atoms with van der Waals surface area (Å²) in [6.45, 7) is 2.97. The van der Waals surface area contributed by atoms with Crippen LogP contribution < -0.4 is 5.43 Å². The summed E-state index contributed by atoms with van der Waals surface area (Å²) in [4.78, 5) is 60.6. The van der Waals surface area contributed by atoms with Crippen LogP contribution in [0.4, 0.5) is 0 Å². The van der Waals surface area contributed by atoms with E-state index in [-0.39, 0.29) is 29.7 Å². The number of pyridine rings is 1. The molecule has 1 heterocycles. The first-order valence-corrected chi connectivity index (χ1v) is 11.2. The highest BCUT2D eigenvalue weighted by molar-refractivity contribution is 6.39. The number of esters is 2. The lowest BCUT2D eigenvalue weighted by Crippen LogP contribution is -2.18. The number of hydrogen-bond donors (Lipinski definition) is 2. The van der Waals surface area contributed by atoms with Crippen molar-refractivity contribution >= 4 is 45.9 Å². The summed E-state index contributed by atoms with van der Waals surface area (Å²) in [7, 11) is 0. The molecule has 0 saturated carbocycles. The minimum Gasteiger partial charge on any atom is -0.507 e. The second kappa shape index (κ2) is 11.6. The number of carbonyl (C=O) groups excluding carboxylic acids is 4. The smallest absolute Gasteiger partial charge is 0.379 e. The minimum atomic E-state index is -1.19. The lowest BCUT2D eigenvalue weighted by Gasteiger charge is -2.14. The molecule has 10 heteroatoms. The van der Waals surface area contributed by atoms with Crippen molar-refractivity contribution in [2.24, 2.45) is 0 Å². The zero-order chi connectivity index (χ0) is 27.1. The number of fused-ring (bicyclic) bond motifs is 1. The van der Waals surface area contributed by atoms with Gasteiger partial charge in [0.2, 0.25) is 0 Å². The molecule has 0 aliphatic rings. The molecule has 0 unspecified atom stereocenters. The van der Waals surface area contributed by atoms with Gasteiger partial charge in [0.05, 0.1) is 24.3 Å². The molecule has 0 bridgehead atoms. The van der Waals surface area contributed by atoms with Crippen molar-refractivity contribution in [2.75, 3.05) is 13.2 Å². The first-order chi connectivity index (χ1) is 17.7. The number of aromatic nitrogens is 1. The Morgan fingerprint density at radius 2 is 1.41 bits per heavy atom. The van der Waals surface area contributed by atoms with Crippen LogP contribution in [0.25, 0.3) is 28.1 Å². The number of aliphatic hydroxyl groups excluding tert-OH is 2. The molecular weight excluding hydrogens is 482 g/mol. The fourth-order valence-electron chi connectivity index (χ4n) is 3.41. The third-order valence-electron chi connectivity index (χ3n) is 5.10. The van der Waals surface area contributed by atoms with Crippen molar-refractivity contribution in [3.05, 3.63) is 88.2 Å². The van der Waals surface area contributed by atoms with Gasteiger partial charge >= 0.3 is 11.9 Å². The van der Waals surface area contributed by atoms with Crippen LogP contribution in [0, 0.1) is 0 Å². The standard InChI is InChI=1S/C27H23NO9/c1-3-36-26(34)23(31)13-21(29)16-10-11-20-18(12-16)25(33)19(15-28(20)17-8-6-5-7-9-17)22(30)14-24(32)27(35)37-4-2/h5-15,29-30H,3-4H2,1-2H3/b21-13-,22-14-. The second-order valence-electron chi connectivity index (χ2n) is 7.54. The highest BCUT2D eigenvalue weighted by atomic mass is 16.5. The Morgan fingerprint density at radius 3 is 1.97 bits per heavy atom. The predicted octanol–water partition coefficient (Wildman–Crippen LogP) is 3.05. The van der Waals surface area contributed by atoms with Crippen LogP contribution >= 0.6 is 0 Å². The molecule has 0 fully saturated rings. The van der Waals surface area contributed by atoms with E-state index in [2.05, 4.69) is 9.47 Å². The number of para-hydroxylation sites is 1. The maximum atomic E-state index is 13.3. The number of ketones is 2. The number of nitrogens with zero attached hydrogens (tertiary/aromatic N) is 1. The summed E-state index contributed by atoms with van der Waals surface area (Å²) >= 11 is 0. The average molecular weight is 505 g/mol. The highest BCUT2D eigenvalue weighted by Crippen LogP contribution is 2.23. The summed E-state index contributed by atoms with van der Waals surface area (Å²) in [5.41, 5.74) is -0.0257. The van der Waals surface area contributed by atoms with E-state index in [1.54, 1.807) is 34.9 Å². The molecule has 1 aromatic heterocycles. The summed E-state index contributed by atoms with van der Waals surface area (Å²) in [5, 5.41) is 21.0. The largest absolute Gasteiger partial charge is 0.507 e. The fraction of sp³-hybridized carbons (Fsp3) is 0.148. The number of aliphatic hydroxyl groups is 2. The SMILES string of the molecule is CCOC(=O)C(=O)/C=C(\O)c1ccc2c(c1)c(=O)c(/C(O)=C/C(=O)C(=O)OCC)cn2-c1ccccc1. The molecule has 37 heavy (non-hydrogen) atoms. The molecule has 0 aliphatic heterocycles. The monoisotopic (exact) mass is 505 g/mol. The first-order valence-electron chi connectivity index (χ1n) is 11.2. The molecule has 0 spiro atoms. The number of carbonyl (C=O) groups is 4. The van der Waals surface area contributed by atoms with Gasteiger partial charge in [0, 0.05) is 35.0 Å². The maximum absolute atomic E-state index is 13.3. The summed E-state index contributed by atoms with van der Waals surface area (Å²) in [5.74, 6) is -5.94. The Labute approximate surface area is 210 Å². The number of hydrogen-bond acceptors (Lipinski definition) is 9. The van der Waals surface area contributed by atoms with Gasteiger partial charge in [0.25, 0.3) is 11.6 Å². The molecule has 2 N–H and O–H groups in total. The molecule has 3 aromatic rings. The zero-order valence-electron chi connectivity index (χ0n) is 20.0. The highest BCUT2D eigenvalue weighted by Gasteiger charge is 2.19. The van der Waals surface area contributed by atoms with E-state index in [0.29, 0.717) is 23.4 Å². The quantitative estimate of drug-likeness (QED) is 0.194. The first kappa shape index (κ1) is 26.6. The second-order valence-corrected chi connectivity index (χ2v) is 7.54. The molecule has 0 amide bonds. The molecule has 0 radical (unpaired) electrons. The zero-order valence-corrected chi connectivity index (χ0v) is 20.0.